The molecule has 13 heavy (non-hydrogen) atoms. The minimum absolute atomic E-state index is 0.258. The molecule has 0 aliphatic carbocycles. The van der Waals surface area contributed by atoms with Gasteiger partial charge < -0.3 is 9.52 Å². The highest BCUT2D eigenvalue weighted by Gasteiger charge is 2.11. The SMILES string of the molecule is Cc1ccc2c(C)c(C)oc2c1O. The molecule has 0 aliphatic heterocycles. The number of hydrogen-bond donors (Lipinski definition) is 1. The number of phenolic OH excluding ortho intramolecular Hbond substituents is 1. The molecule has 2 nitrogen and oxygen atoms in total. The van der Waals surface area contributed by atoms with Crippen molar-refractivity contribution in [3.63, 3.8) is 0 Å². The van der Waals surface area contributed by atoms with Crippen LogP contribution in [-0.4, -0.2) is 5.11 Å². The highest BCUT2D eigenvalue weighted by atomic mass is 16.4. The molecule has 2 rings (SSSR count). The first kappa shape index (κ1) is 8.17. The summed E-state index contributed by atoms with van der Waals surface area (Å²) in [4.78, 5) is 0. The molecule has 0 bridgehead atoms. The highest BCUT2D eigenvalue weighted by molar-refractivity contribution is 5.87. The summed E-state index contributed by atoms with van der Waals surface area (Å²) in [6.45, 7) is 5.77. The van der Waals surface area contributed by atoms with Crippen molar-refractivity contribution in [3.8, 4) is 5.75 Å². The van der Waals surface area contributed by atoms with E-state index < -0.39 is 0 Å². The standard InChI is InChI=1S/C11H12O2/c1-6-4-5-9-7(2)8(3)13-11(9)10(6)12/h4-5,12H,1-3H3. The number of rotatable bonds is 0. The molecular formula is C11H12O2. The molecule has 0 unspecified atom stereocenters. The van der Waals surface area contributed by atoms with Crippen LogP contribution in [-0.2, 0) is 0 Å². The Morgan fingerprint density at radius 1 is 1.15 bits per heavy atom. The van der Waals surface area contributed by atoms with E-state index in [2.05, 4.69) is 0 Å². The molecule has 2 aromatic rings. The molecule has 2 heteroatoms. The van der Waals surface area contributed by atoms with Gasteiger partial charge in [0.05, 0.1) is 0 Å². The number of hydrogen-bond acceptors (Lipinski definition) is 2. The van der Waals surface area contributed by atoms with E-state index in [1.54, 1.807) is 0 Å². The molecule has 1 aromatic carbocycles. The Morgan fingerprint density at radius 2 is 1.85 bits per heavy atom. The van der Waals surface area contributed by atoms with E-state index in [4.69, 9.17) is 4.42 Å². The molecule has 1 heterocycles. The van der Waals surface area contributed by atoms with Gasteiger partial charge in [-0.05, 0) is 31.9 Å². The first-order chi connectivity index (χ1) is 6.11. The Labute approximate surface area is 76.8 Å². The second kappa shape index (κ2) is 2.52. The van der Waals surface area contributed by atoms with Crippen molar-refractivity contribution in [2.75, 3.05) is 0 Å². The first-order valence-electron chi connectivity index (χ1n) is 4.29. The predicted octanol–water partition coefficient (Wildman–Crippen LogP) is 3.06. The smallest absolute Gasteiger partial charge is 0.176 e. The van der Waals surface area contributed by atoms with Gasteiger partial charge in [0.1, 0.15) is 5.76 Å². The van der Waals surface area contributed by atoms with Crippen LogP contribution < -0.4 is 0 Å². The molecule has 0 saturated heterocycles. The minimum atomic E-state index is 0.258. The molecule has 0 spiro atoms. The third-order valence-corrected chi connectivity index (χ3v) is 2.52. The number of fused-ring (bicyclic) bond motifs is 1. The van der Waals surface area contributed by atoms with Gasteiger partial charge in [-0.2, -0.15) is 0 Å². The fourth-order valence-corrected chi connectivity index (χ4v) is 1.49. The van der Waals surface area contributed by atoms with E-state index in [0.29, 0.717) is 5.58 Å². The summed E-state index contributed by atoms with van der Waals surface area (Å²) in [5.41, 5.74) is 2.56. The maximum Gasteiger partial charge on any atom is 0.176 e. The van der Waals surface area contributed by atoms with Gasteiger partial charge >= 0.3 is 0 Å². The maximum atomic E-state index is 9.70. The van der Waals surface area contributed by atoms with Gasteiger partial charge in [-0.15, -0.1) is 0 Å². The number of benzene rings is 1. The van der Waals surface area contributed by atoms with Crippen LogP contribution in [0.2, 0.25) is 0 Å². The average molecular weight is 176 g/mol. The third-order valence-electron chi connectivity index (χ3n) is 2.52. The molecule has 1 aromatic heterocycles. The zero-order valence-electron chi connectivity index (χ0n) is 8.01. The van der Waals surface area contributed by atoms with Crippen LogP contribution in [0.1, 0.15) is 16.9 Å². The second-order valence-corrected chi connectivity index (χ2v) is 3.39. The number of aryl methyl sites for hydroxylation is 3. The van der Waals surface area contributed by atoms with Crippen molar-refractivity contribution in [3.05, 3.63) is 29.0 Å². The van der Waals surface area contributed by atoms with Crippen molar-refractivity contribution >= 4 is 11.0 Å². The summed E-state index contributed by atoms with van der Waals surface area (Å²) < 4.78 is 5.46. The van der Waals surface area contributed by atoms with Gasteiger partial charge in [-0.1, -0.05) is 12.1 Å². The first-order valence-corrected chi connectivity index (χ1v) is 4.29. The van der Waals surface area contributed by atoms with E-state index in [0.717, 1.165) is 22.3 Å². The van der Waals surface area contributed by atoms with Crippen LogP contribution in [0.3, 0.4) is 0 Å². The number of aromatic hydroxyl groups is 1. The van der Waals surface area contributed by atoms with Gasteiger partial charge in [0.15, 0.2) is 11.3 Å². The maximum absolute atomic E-state index is 9.70. The lowest BCUT2D eigenvalue weighted by atomic mass is 10.1. The summed E-state index contributed by atoms with van der Waals surface area (Å²) >= 11 is 0. The van der Waals surface area contributed by atoms with E-state index in [-0.39, 0.29) is 5.75 Å². The molecule has 0 atom stereocenters. The quantitative estimate of drug-likeness (QED) is 0.669. The largest absolute Gasteiger partial charge is 0.504 e. The third kappa shape index (κ3) is 1.02. The topological polar surface area (TPSA) is 33.4 Å². The second-order valence-electron chi connectivity index (χ2n) is 3.39. The number of phenols is 1. The predicted molar refractivity (Wildman–Crippen MR) is 52.1 cm³/mol. The summed E-state index contributed by atoms with van der Waals surface area (Å²) in [6, 6.07) is 3.88. The van der Waals surface area contributed by atoms with E-state index in [9.17, 15) is 5.11 Å². The molecular weight excluding hydrogens is 164 g/mol. The summed E-state index contributed by atoms with van der Waals surface area (Å²) in [5, 5.41) is 10.7. The molecule has 68 valence electrons. The Bertz CT molecular complexity index is 466. The lowest BCUT2D eigenvalue weighted by Gasteiger charge is -1.97. The normalized spacial score (nSPS) is 11.0. The molecule has 0 amide bonds. The van der Waals surface area contributed by atoms with Crippen LogP contribution in [0.15, 0.2) is 16.5 Å². The Morgan fingerprint density at radius 3 is 2.54 bits per heavy atom. The minimum Gasteiger partial charge on any atom is -0.504 e. The molecule has 0 fully saturated rings. The summed E-state index contributed by atoms with van der Waals surface area (Å²) in [7, 11) is 0. The van der Waals surface area contributed by atoms with Gasteiger partial charge in [-0.3, -0.25) is 0 Å². The molecule has 0 radical (unpaired) electrons. The number of furan rings is 1. The fourth-order valence-electron chi connectivity index (χ4n) is 1.49. The Balaban J connectivity index is 2.94. The van der Waals surface area contributed by atoms with Crippen LogP contribution in [0, 0.1) is 20.8 Å². The van der Waals surface area contributed by atoms with Crippen molar-refractivity contribution in [1.82, 2.24) is 0 Å². The molecule has 1 N–H and O–H groups in total. The monoisotopic (exact) mass is 176 g/mol. The zero-order chi connectivity index (χ0) is 9.59. The van der Waals surface area contributed by atoms with E-state index >= 15 is 0 Å². The lowest BCUT2D eigenvalue weighted by molar-refractivity contribution is 0.457. The van der Waals surface area contributed by atoms with Gasteiger partial charge in [0, 0.05) is 5.39 Å². The average Bonchev–Trinajstić information content (AvgIpc) is 2.38. The highest BCUT2D eigenvalue weighted by Crippen LogP contribution is 2.33. The van der Waals surface area contributed by atoms with Crippen molar-refractivity contribution < 1.29 is 9.52 Å². The van der Waals surface area contributed by atoms with E-state index in [1.807, 2.05) is 32.9 Å². The van der Waals surface area contributed by atoms with Crippen LogP contribution in [0.5, 0.6) is 5.75 Å². The van der Waals surface area contributed by atoms with Crippen LogP contribution in [0.25, 0.3) is 11.0 Å². The Hall–Kier alpha value is -1.44. The Kier molecular flexibility index (Phi) is 1.59. The summed E-state index contributed by atoms with van der Waals surface area (Å²) in [5.74, 6) is 1.13. The fraction of sp³-hybridized carbons (Fsp3) is 0.273. The van der Waals surface area contributed by atoms with Gasteiger partial charge in [0.25, 0.3) is 0 Å². The van der Waals surface area contributed by atoms with Crippen LogP contribution >= 0.6 is 0 Å². The van der Waals surface area contributed by atoms with Crippen molar-refractivity contribution in [2.24, 2.45) is 0 Å². The zero-order valence-corrected chi connectivity index (χ0v) is 8.01. The lowest BCUT2D eigenvalue weighted by Crippen LogP contribution is -1.75. The summed E-state index contributed by atoms with van der Waals surface area (Å²) in [6.07, 6.45) is 0. The van der Waals surface area contributed by atoms with Crippen LogP contribution in [0.4, 0.5) is 0 Å². The van der Waals surface area contributed by atoms with Gasteiger partial charge in [0.2, 0.25) is 0 Å². The van der Waals surface area contributed by atoms with Crippen molar-refractivity contribution in [2.45, 2.75) is 20.8 Å². The molecule has 0 aliphatic rings. The molecule has 0 saturated carbocycles. The van der Waals surface area contributed by atoms with Crippen molar-refractivity contribution in [1.29, 1.82) is 0 Å². The van der Waals surface area contributed by atoms with Gasteiger partial charge in [-0.25, -0.2) is 0 Å². The van der Waals surface area contributed by atoms with E-state index in [1.165, 1.54) is 0 Å².